The summed E-state index contributed by atoms with van der Waals surface area (Å²) in [4.78, 5) is 17.9. The fourth-order valence-electron chi connectivity index (χ4n) is 3.64. The number of allylic oxidation sites excluding steroid dienone is 1. The molecular weight excluding hydrogens is 491 g/mol. The van der Waals surface area contributed by atoms with Gasteiger partial charge in [0, 0.05) is 19.3 Å². The highest BCUT2D eigenvalue weighted by atomic mass is 32.2. The molecule has 1 saturated heterocycles. The number of nitrogens with zero attached hydrogens (tertiary/aromatic N) is 3. The van der Waals surface area contributed by atoms with E-state index >= 15 is 0 Å². The maximum absolute atomic E-state index is 13.1. The maximum Gasteiger partial charge on any atom is 0.266 e. The molecule has 1 unspecified atom stereocenters. The zero-order valence-corrected chi connectivity index (χ0v) is 20.4. The van der Waals surface area contributed by atoms with Gasteiger partial charge in [0.2, 0.25) is 0 Å². The van der Waals surface area contributed by atoms with Crippen molar-refractivity contribution in [1.29, 1.82) is 0 Å². The molecule has 32 heavy (non-hydrogen) atoms. The molecule has 1 aliphatic heterocycles. The first-order valence-electron chi connectivity index (χ1n) is 9.71. The van der Waals surface area contributed by atoms with Crippen LogP contribution in [0.15, 0.2) is 62.5 Å². The van der Waals surface area contributed by atoms with Crippen LogP contribution in [-0.2, 0) is 31.2 Å². The first-order valence-corrected chi connectivity index (χ1v) is 14.7. The number of carbonyl (C=O) groups is 1. The Bertz CT molecular complexity index is 1460. The molecule has 1 fully saturated rings. The van der Waals surface area contributed by atoms with Crippen molar-refractivity contribution in [2.75, 3.05) is 12.8 Å². The molecule has 8 nitrogen and oxygen atoms in total. The van der Waals surface area contributed by atoms with Crippen LogP contribution >= 0.6 is 22.7 Å². The second-order valence-corrected chi connectivity index (χ2v) is 13.4. The second kappa shape index (κ2) is 8.67. The molecule has 170 valence electrons. The van der Waals surface area contributed by atoms with Crippen molar-refractivity contribution in [2.24, 2.45) is 4.99 Å². The van der Waals surface area contributed by atoms with Crippen LogP contribution in [0.5, 0.6) is 0 Å². The van der Waals surface area contributed by atoms with Crippen LogP contribution in [0.3, 0.4) is 0 Å². The van der Waals surface area contributed by atoms with E-state index in [-0.39, 0.29) is 15.6 Å². The predicted octanol–water partition coefficient (Wildman–Crippen LogP) is 2.63. The molecule has 0 saturated carbocycles. The molecule has 3 heterocycles. The lowest BCUT2D eigenvalue weighted by Gasteiger charge is -2.20. The highest BCUT2D eigenvalue weighted by Crippen LogP contribution is 2.29. The average molecular weight is 512 g/mol. The Morgan fingerprint density at radius 3 is 2.72 bits per heavy atom. The molecule has 0 aliphatic carbocycles. The summed E-state index contributed by atoms with van der Waals surface area (Å²) in [6.07, 6.45) is 3.77. The van der Waals surface area contributed by atoms with Gasteiger partial charge in [-0.3, -0.25) is 4.79 Å². The minimum absolute atomic E-state index is 0.180. The number of sulfone groups is 1. The second-order valence-electron chi connectivity index (χ2n) is 7.34. The summed E-state index contributed by atoms with van der Waals surface area (Å²) in [6.45, 7) is 4.38. The number of aromatic nitrogens is 1. The minimum Gasteiger partial charge on any atom is -0.313 e. The number of rotatable bonds is 6. The van der Waals surface area contributed by atoms with Crippen molar-refractivity contribution < 1.29 is 21.6 Å². The summed E-state index contributed by atoms with van der Waals surface area (Å²) in [6, 6.07) is 7.08. The van der Waals surface area contributed by atoms with Crippen molar-refractivity contribution in [2.45, 2.75) is 34.5 Å². The molecule has 1 amide bonds. The fraction of sp³-hybridized carbons (Fsp3) is 0.300. The Morgan fingerprint density at radius 2 is 2.06 bits per heavy atom. The van der Waals surface area contributed by atoms with Crippen molar-refractivity contribution in [3.63, 3.8) is 0 Å². The summed E-state index contributed by atoms with van der Waals surface area (Å²) in [7, 11) is -7.15. The van der Waals surface area contributed by atoms with E-state index in [9.17, 15) is 21.6 Å². The molecule has 2 aromatic heterocycles. The Morgan fingerprint density at radius 1 is 1.28 bits per heavy atom. The third-order valence-electron chi connectivity index (χ3n) is 5.15. The van der Waals surface area contributed by atoms with E-state index in [0.29, 0.717) is 28.9 Å². The maximum atomic E-state index is 13.1. The van der Waals surface area contributed by atoms with E-state index in [4.69, 9.17) is 0 Å². The topological polar surface area (TPSA) is 106 Å². The van der Waals surface area contributed by atoms with Gasteiger partial charge in [-0.2, -0.15) is 9.30 Å². The third-order valence-corrected chi connectivity index (χ3v) is 10.6. The molecule has 1 aromatic carbocycles. The van der Waals surface area contributed by atoms with Crippen LogP contribution in [0.4, 0.5) is 0 Å². The van der Waals surface area contributed by atoms with Crippen molar-refractivity contribution >= 4 is 58.7 Å². The number of thiazole rings is 1. The summed E-state index contributed by atoms with van der Waals surface area (Å²) >= 11 is 2.30. The standard InChI is InChI=1S/C20H21N3O5S4/c1-3-10-22-15-9-8-14(31(2,25)26)13-17(15)30-20(22)21-19(24)16-6-4-11-23(16)32(27,28)18-7-5-12-29-18/h3,5,7-9,12-13,16H,1,4,6,10-11H2,2H3. The van der Waals surface area contributed by atoms with E-state index < -0.39 is 31.8 Å². The molecule has 0 radical (unpaired) electrons. The van der Waals surface area contributed by atoms with Gasteiger partial charge in [0.25, 0.3) is 15.9 Å². The number of amides is 1. The van der Waals surface area contributed by atoms with Gasteiger partial charge in [0.15, 0.2) is 14.6 Å². The number of sulfonamides is 1. The molecule has 12 heteroatoms. The average Bonchev–Trinajstić information content (AvgIpc) is 3.48. The summed E-state index contributed by atoms with van der Waals surface area (Å²) in [5.74, 6) is -0.532. The Kier molecular flexibility index (Phi) is 6.25. The summed E-state index contributed by atoms with van der Waals surface area (Å²) in [5, 5.41) is 1.68. The lowest BCUT2D eigenvalue weighted by Crippen LogP contribution is -2.40. The van der Waals surface area contributed by atoms with Gasteiger partial charge >= 0.3 is 0 Å². The number of fused-ring (bicyclic) bond motifs is 1. The smallest absolute Gasteiger partial charge is 0.266 e. The molecule has 1 aliphatic rings. The molecule has 0 bridgehead atoms. The normalized spacial score (nSPS) is 18.4. The third kappa shape index (κ3) is 4.25. The largest absolute Gasteiger partial charge is 0.313 e. The highest BCUT2D eigenvalue weighted by molar-refractivity contribution is 7.91. The number of hydrogen-bond donors (Lipinski definition) is 0. The number of thiophene rings is 1. The minimum atomic E-state index is -3.76. The van der Waals surface area contributed by atoms with Crippen molar-refractivity contribution in [1.82, 2.24) is 8.87 Å². The van der Waals surface area contributed by atoms with Gasteiger partial charge in [0.05, 0.1) is 15.1 Å². The zero-order chi connectivity index (χ0) is 23.1. The summed E-state index contributed by atoms with van der Waals surface area (Å²) in [5.41, 5.74) is 0.725. The lowest BCUT2D eigenvalue weighted by atomic mass is 10.2. The van der Waals surface area contributed by atoms with E-state index in [0.717, 1.165) is 23.1 Å². The lowest BCUT2D eigenvalue weighted by molar-refractivity contribution is -0.121. The van der Waals surface area contributed by atoms with Crippen molar-refractivity contribution in [3.05, 3.63) is 53.2 Å². The number of benzene rings is 1. The van der Waals surface area contributed by atoms with Crippen LogP contribution in [0, 0.1) is 0 Å². The van der Waals surface area contributed by atoms with Crippen molar-refractivity contribution in [3.8, 4) is 0 Å². The van der Waals surface area contributed by atoms with Crippen LogP contribution in [0.25, 0.3) is 10.2 Å². The van der Waals surface area contributed by atoms with Gasteiger partial charge in [0.1, 0.15) is 10.3 Å². The van der Waals surface area contributed by atoms with Gasteiger partial charge < -0.3 is 4.57 Å². The monoisotopic (exact) mass is 511 g/mol. The molecule has 0 N–H and O–H groups in total. The van der Waals surface area contributed by atoms with E-state index in [1.165, 1.54) is 27.8 Å². The molecule has 1 atom stereocenters. The Hall–Kier alpha value is -2.12. The van der Waals surface area contributed by atoms with Crippen LogP contribution < -0.4 is 4.80 Å². The van der Waals surface area contributed by atoms with Gasteiger partial charge in [-0.25, -0.2) is 16.8 Å². The van der Waals surface area contributed by atoms with E-state index in [1.54, 1.807) is 34.2 Å². The van der Waals surface area contributed by atoms with Gasteiger partial charge in [-0.1, -0.05) is 23.5 Å². The Labute approximate surface area is 194 Å². The first kappa shape index (κ1) is 23.1. The Balaban J connectivity index is 1.77. The van der Waals surface area contributed by atoms with Gasteiger partial charge in [-0.15, -0.1) is 17.9 Å². The predicted molar refractivity (Wildman–Crippen MR) is 125 cm³/mol. The summed E-state index contributed by atoms with van der Waals surface area (Å²) < 4.78 is 53.6. The first-order chi connectivity index (χ1) is 15.1. The quantitative estimate of drug-likeness (QED) is 0.473. The van der Waals surface area contributed by atoms with Gasteiger partial charge in [-0.05, 0) is 42.5 Å². The van der Waals surface area contributed by atoms with Crippen LogP contribution in [0.1, 0.15) is 12.8 Å². The SMILES string of the molecule is C=CCn1c(=NC(=O)C2CCCN2S(=O)(=O)c2cccs2)sc2cc(S(C)(=O)=O)ccc21. The molecule has 0 spiro atoms. The molecular formula is C20H21N3O5S4. The van der Waals surface area contributed by atoms with E-state index in [2.05, 4.69) is 11.6 Å². The van der Waals surface area contributed by atoms with E-state index in [1.807, 2.05) is 0 Å². The molecule has 4 rings (SSSR count). The zero-order valence-electron chi connectivity index (χ0n) is 17.2. The highest BCUT2D eigenvalue weighted by Gasteiger charge is 2.40. The number of hydrogen-bond acceptors (Lipinski definition) is 7. The molecule has 3 aromatic rings. The van der Waals surface area contributed by atoms with Crippen LogP contribution in [0.2, 0.25) is 0 Å². The van der Waals surface area contributed by atoms with Crippen LogP contribution in [-0.4, -0.2) is 50.5 Å². The number of carbonyl (C=O) groups excluding carboxylic acids is 1. The fourth-order valence-corrected chi connectivity index (χ4v) is 8.22.